The van der Waals surface area contributed by atoms with Gasteiger partial charge in [0.05, 0.1) is 10.0 Å². The number of amides is 1. The Morgan fingerprint density at radius 1 is 1.39 bits per heavy atom. The largest absolute Gasteiger partial charge is 0.372 e. The Hall–Kier alpha value is -1.20. The highest BCUT2D eigenvalue weighted by atomic mass is 35.5. The van der Waals surface area contributed by atoms with Crippen LogP contribution in [-0.4, -0.2) is 23.5 Å². The number of hydrogen-bond acceptors (Lipinski definition) is 4. The zero-order valence-electron chi connectivity index (χ0n) is 10.5. The number of rotatable bonds is 5. The average molecular weight is 291 g/mol. The Kier molecular flexibility index (Phi) is 4.65. The Morgan fingerprint density at radius 3 is 2.44 bits per heavy atom. The molecule has 1 amide bonds. The van der Waals surface area contributed by atoms with Crippen LogP contribution in [0.25, 0.3) is 0 Å². The Labute approximate surface area is 116 Å². The van der Waals surface area contributed by atoms with Crippen molar-refractivity contribution in [1.82, 2.24) is 4.98 Å². The van der Waals surface area contributed by atoms with Crippen LogP contribution in [0.1, 0.15) is 20.3 Å². The van der Waals surface area contributed by atoms with Crippen LogP contribution >= 0.6 is 23.2 Å². The summed E-state index contributed by atoms with van der Waals surface area (Å²) in [5, 5.41) is 6.75. The van der Waals surface area contributed by atoms with Crippen LogP contribution in [0.15, 0.2) is 6.07 Å². The molecule has 18 heavy (non-hydrogen) atoms. The number of carbonyl (C=O) groups is 1. The average Bonchev–Trinajstić information content (AvgIpc) is 2.19. The number of nitrogens with one attached hydrogen (secondary N) is 2. The standard InChI is InChI=1S/C11H16Cl2N4O/c1-11(2,5-8(14)18)17-10-7(13)4-6(12)9(15-3)16-10/h4H,5H2,1-3H3,(H2,14,18)(H2,15,16,17). The van der Waals surface area contributed by atoms with Crippen LogP contribution in [0.2, 0.25) is 10.0 Å². The van der Waals surface area contributed by atoms with Gasteiger partial charge in [-0.05, 0) is 19.9 Å². The van der Waals surface area contributed by atoms with Gasteiger partial charge in [-0.1, -0.05) is 23.2 Å². The molecule has 0 fully saturated rings. The number of pyridine rings is 1. The molecular weight excluding hydrogens is 275 g/mol. The summed E-state index contributed by atoms with van der Waals surface area (Å²) in [4.78, 5) is 15.2. The summed E-state index contributed by atoms with van der Waals surface area (Å²) >= 11 is 12.0. The number of halogens is 2. The number of anilines is 2. The predicted octanol–water partition coefficient (Wildman–Crippen LogP) is 2.50. The van der Waals surface area contributed by atoms with E-state index in [0.717, 1.165) is 0 Å². The summed E-state index contributed by atoms with van der Waals surface area (Å²) in [6.45, 7) is 3.67. The third-order valence-electron chi connectivity index (χ3n) is 2.24. The van der Waals surface area contributed by atoms with Crippen LogP contribution in [0.3, 0.4) is 0 Å². The molecule has 0 atom stereocenters. The molecule has 0 aliphatic rings. The van der Waals surface area contributed by atoms with E-state index in [4.69, 9.17) is 28.9 Å². The van der Waals surface area contributed by atoms with Crippen LogP contribution in [-0.2, 0) is 4.79 Å². The van der Waals surface area contributed by atoms with Crippen molar-refractivity contribution in [2.24, 2.45) is 5.73 Å². The molecule has 0 unspecified atom stereocenters. The second-order valence-electron chi connectivity index (χ2n) is 4.55. The van der Waals surface area contributed by atoms with Crippen molar-refractivity contribution < 1.29 is 4.79 Å². The van der Waals surface area contributed by atoms with Gasteiger partial charge in [0, 0.05) is 19.0 Å². The molecule has 0 aromatic carbocycles. The monoisotopic (exact) mass is 290 g/mol. The molecule has 7 heteroatoms. The molecule has 4 N–H and O–H groups in total. The minimum absolute atomic E-state index is 0.169. The lowest BCUT2D eigenvalue weighted by Crippen LogP contribution is -2.36. The van der Waals surface area contributed by atoms with Crippen molar-refractivity contribution in [3.63, 3.8) is 0 Å². The molecule has 0 radical (unpaired) electrons. The van der Waals surface area contributed by atoms with E-state index in [1.54, 1.807) is 13.1 Å². The first-order valence-electron chi connectivity index (χ1n) is 5.35. The summed E-state index contributed by atoms with van der Waals surface area (Å²) in [7, 11) is 1.71. The fraction of sp³-hybridized carbons (Fsp3) is 0.455. The van der Waals surface area contributed by atoms with Crippen molar-refractivity contribution in [2.45, 2.75) is 25.8 Å². The van der Waals surface area contributed by atoms with Crippen LogP contribution in [0, 0.1) is 0 Å². The predicted molar refractivity (Wildman–Crippen MR) is 75.3 cm³/mol. The van der Waals surface area contributed by atoms with E-state index in [-0.39, 0.29) is 6.42 Å². The molecule has 5 nitrogen and oxygen atoms in total. The lowest BCUT2D eigenvalue weighted by Gasteiger charge is -2.26. The first-order chi connectivity index (χ1) is 8.25. The zero-order valence-corrected chi connectivity index (χ0v) is 12.0. The first-order valence-corrected chi connectivity index (χ1v) is 6.11. The smallest absolute Gasteiger partial charge is 0.219 e. The number of hydrogen-bond donors (Lipinski definition) is 3. The Balaban J connectivity index is 3.00. The lowest BCUT2D eigenvalue weighted by molar-refractivity contribution is -0.118. The highest BCUT2D eigenvalue weighted by molar-refractivity contribution is 6.37. The molecule has 1 aromatic rings. The number of carbonyl (C=O) groups excluding carboxylic acids is 1. The summed E-state index contributed by atoms with van der Waals surface area (Å²) < 4.78 is 0. The molecule has 0 aliphatic heterocycles. The van der Waals surface area contributed by atoms with Gasteiger partial charge in [0.25, 0.3) is 0 Å². The second kappa shape index (κ2) is 5.63. The first kappa shape index (κ1) is 14.9. The van der Waals surface area contributed by atoms with E-state index in [1.807, 2.05) is 13.8 Å². The normalized spacial score (nSPS) is 11.2. The molecule has 0 bridgehead atoms. The summed E-state index contributed by atoms with van der Waals surface area (Å²) in [5.74, 6) is 0.571. The highest BCUT2D eigenvalue weighted by Crippen LogP contribution is 2.30. The van der Waals surface area contributed by atoms with Crippen molar-refractivity contribution in [3.8, 4) is 0 Å². The molecule has 1 rings (SSSR count). The fourth-order valence-electron chi connectivity index (χ4n) is 1.53. The van der Waals surface area contributed by atoms with E-state index in [1.165, 1.54) is 0 Å². The van der Waals surface area contributed by atoms with Crippen molar-refractivity contribution in [2.75, 3.05) is 17.7 Å². The van der Waals surface area contributed by atoms with E-state index in [0.29, 0.717) is 21.7 Å². The van der Waals surface area contributed by atoms with Gasteiger partial charge in [-0.25, -0.2) is 4.98 Å². The van der Waals surface area contributed by atoms with Gasteiger partial charge in [0.15, 0.2) is 0 Å². The molecule has 0 saturated carbocycles. The van der Waals surface area contributed by atoms with E-state index in [9.17, 15) is 4.79 Å². The molecule has 100 valence electrons. The minimum atomic E-state index is -0.540. The quantitative estimate of drug-likeness (QED) is 0.778. The van der Waals surface area contributed by atoms with Crippen molar-refractivity contribution in [1.29, 1.82) is 0 Å². The van der Waals surface area contributed by atoms with E-state index < -0.39 is 11.4 Å². The molecule has 0 saturated heterocycles. The van der Waals surface area contributed by atoms with Gasteiger partial charge >= 0.3 is 0 Å². The van der Waals surface area contributed by atoms with Crippen molar-refractivity contribution in [3.05, 3.63) is 16.1 Å². The molecule has 1 aromatic heterocycles. The van der Waals surface area contributed by atoms with Crippen LogP contribution in [0.4, 0.5) is 11.6 Å². The maximum absolute atomic E-state index is 11.0. The lowest BCUT2D eigenvalue weighted by atomic mass is 10.0. The Bertz CT molecular complexity index is 463. The topological polar surface area (TPSA) is 80.0 Å². The van der Waals surface area contributed by atoms with Gasteiger partial charge in [-0.15, -0.1) is 0 Å². The van der Waals surface area contributed by atoms with E-state index >= 15 is 0 Å². The SMILES string of the molecule is CNc1nc(NC(C)(C)CC(N)=O)c(Cl)cc1Cl. The van der Waals surface area contributed by atoms with Gasteiger partial charge in [-0.2, -0.15) is 0 Å². The van der Waals surface area contributed by atoms with Crippen LogP contribution in [0.5, 0.6) is 0 Å². The number of primary amides is 1. The van der Waals surface area contributed by atoms with Gasteiger partial charge in [0.2, 0.25) is 5.91 Å². The summed E-state index contributed by atoms with van der Waals surface area (Å²) in [5.41, 5.74) is 4.64. The van der Waals surface area contributed by atoms with Crippen LogP contribution < -0.4 is 16.4 Å². The third-order valence-corrected chi connectivity index (χ3v) is 2.82. The van der Waals surface area contributed by atoms with E-state index in [2.05, 4.69) is 15.6 Å². The van der Waals surface area contributed by atoms with Gasteiger partial charge in [0.1, 0.15) is 11.6 Å². The maximum Gasteiger partial charge on any atom is 0.219 e. The highest BCUT2D eigenvalue weighted by Gasteiger charge is 2.22. The number of aromatic nitrogens is 1. The minimum Gasteiger partial charge on any atom is -0.372 e. The summed E-state index contributed by atoms with van der Waals surface area (Å²) in [6, 6.07) is 1.59. The van der Waals surface area contributed by atoms with Gasteiger partial charge < -0.3 is 16.4 Å². The second-order valence-corrected chi connectivity index (χ2v) is 5.37. The number of nitrogens with zero attached hydrogens (tertiary/aromatic N) is 1. The summed E-state index contributed by atoms with van der Waals surface area (Å²) in [6.07, 6.45) is 0.169. The maximum atomic E-state index is 11.0. The molecule has 1 heterocycles. The fourth-order valence-corrected chi connectivity index (χ4v) is 2.03. The third kappa shape index (κ3) is 3.92. The van der Waals surface area contributed by atoms with Gasteiger partial charge in [-0.3, -0.25) is 4.79 Å². The molecule has 0 spiro atoms. The Morgan fingerprint density at radius 2 is 1.94 bits per heavy atom. The molecule has 0 aliphatic carbocycles. The number of nitrogens with two attached hydrogens (primary N) is 1. The van der Waals surface area contributed by atoms with Crippen molar-refractivity contribution >= 4 is 40.7 Å². The molecular formula is C11H16Cl2N4O. The zero-order chi connectivity index (χ0) is 13.9.